The van der Waals surface area contributed by atoms with Crippen LogP contribution >= 0.6 is 0 Å². The van der Waals surface area contributed by atoms with Gasteiger partial charge in [0.1, 0.15) is 0 Å². The molecule has 0 radical (unpaired) electrons. The molecule has 2 heteroatoms. The Morgan fingerprint density at radius 2 is 1.82 bits per heavy atom. The van der Waals surface area contributed by atoms with Crippen molar-refractivity contribution >= 4 is 5.91 Å². The molecule has 114 valence electrons. The predicted octanol–water partition coefficient (Wildman–Crippen LogP) is 4.46. The molecule has 2 aromatic carbocycles. The molecule has 0 fully saturated rings. The predicted molar refractivity (Wildman–Crippen MR) is 90.5 cm³/mol. The van der Waals surface area contributed by atoms with Crippen molar-refractivity contribution in [1.82, 2.24) is 4.90 Å². The zero-order chi connectivity index (χ0) is 15.7. The summed E-state index contributed by atoms with van der Waals surface area (Å²) in [5, 5.41) is 0. The van der Waals surface area contributed by atoms with Crippen LogP contribution in [-0.2, 0) is 11.2 Å². The summed E-state index contributed by atoms with van der Waals surface area (Å²) in [7, 11) is 0. The minimum atomic E-state index is 0.0568. The number of nitrogens with zero attached hydrogens (tertiary/aromatic N) is 1. The fourth-order valence-corrected chi connectivity index (χ4v) is 3.39. The first-order valence-electron chi connectivity index (χ1n) is 8.07. The van der Waals surface area contributed by atoms with Crippen LogP contribution in [0.4, 0.5) is 0 Å². The Kier molecular flexibility index (Phi) is 4.02. The van der Waals surface area contributed by atoms with Gasteiger partial charge in [0, 0.05) is 12.5 Å². The lowest BCUT2D eigenvalue weighted by molar-refractivity contribution is -0.137. The maximum atomic E-state index is 12.4. The van der Waals surface area contributed by atoms with Crippen molar-refractivity contribution in [3.05, 3.63) is 59.7 Å². The Labute approximate surface area is 132 Å². The van der Waals surface area contributed by atoms with Crippen LogP contribution in [-0.4, -0.2) is 17.4 Å². The van der Waals surface area contributed by atoms with Crippen molar-refractivity contribution in [1.29, 1.82) is 0 Å². The molecule has 3 rings (SSSR count). The Morgan fingerprint density at radius 1 is 1.09 bits per heavy atom. The molecule has 1 aliphatic heterocycles. The lowest BCUT2D eigenvalue weighted by atomic mass is 9.86. The number of amides is 1. The number of carbonyl (C=O) groups is 1. The van der Waals surface area contributed by atoms with Gasteiger partial charge in [0.25, 0.3) is 0 Å². The Hall–Kier alpha value is -2.09. The second-order valence-corrected chi connectivity index (χ2v) is 6.35. The lowest BCUT2D eigenvalue weighted by Gasteiger charge is -2.37. The van der Waals surface area contributed by atoms with Gasteiger partial charge in [0.05, 0.1) is 6.04 Å². The Morgan fingerprint density at radius 3 is 2.50 bits per heavy atom. The largest absolute Gasteiger partial charge is 0.335 e. The third-order valence-corrected chi connectivity index (χ3v) is 4.59. The van der Waals surface area contributed by atoms with E-state index in [1.54, 1.807) is 0 Å². The molecule has 0 aromatic heterocycles. The summed E-state index contributed by atoms with van der Waals surface area (Å²) in [6, 6.07) is 17.2. The summed E-state index contributed by atoms with van der Waals surface area (Å²) in [6.45, 7) is 6.91. The monoisotopic (exact) mass is 293 g/mol. The molecular weight excluding hydrogens is 270 g/mol. The highest BCUT2D eigenvalue weighted by molar-refractivity contribution is 5.79. The highest BCUT2D eigenvalue weighted by Gasteiger charge is 2.29. The van der Waals surface area contributed by atoms with Crippen LogP contribution in [0, 0.1) is 5.92 Å². The van der Waals surface area contributed by atoms with Crippen LogP contribution in [0.15, 0.2) is 48.5 Å². The quantitative estimate of drug-likeness (QED) is 0.800. The summed E-state index contributed by atoms with van der Waals surface area (Å²) in [5.41, 5.74) is 5.26. The summed E-state index contributed by atoms with van der Waals surface area (Å²) in [5.74, 6) is 0.310. The highest BCUT2D eigenvalue weighted by atomic mass is 16.2. The van der Waals surface area contributed by atoms with E-state index in [2.05, 4.69) is 49.4 Å². The second kappa shape index (κ2) is 5.96. The van der Waals surface area contributed by atoms with Gasteiger partial charge in [-0.2, -0.15) is 0 Å². The minimum absolute atomic E-state index is 0.0568. The molecule has 0 aliphatic carbocycles. The third-order valence-electron chi connectivity index (χ3n) is 4.59. The second-order valence-electron chi connectivity index (χ2n) is 6.35. The van der Waals surface area contributed by atoms with Crippen LogP contribution in [0.25, 0.3) is 11.1 Å². The van der Waals surface area contributed by atoms with Crippen LogP contribution < -0.4 is 0 Å². The molecule has 2 nitrogen and oxygen atoms in total. The van der Waals surface area contributed by atoms with Gasteiger partial charge >= 0.3 is 0 Å². The van der Waals surface area contributed by atoms with Crippen LogP contribution in [0.2, 0.25) is 0 Å². The van der Waals surface area contributed by atoms with E-state index < -0.39 is 0 Å². The summed E-state index contributed by atoms with van der Waals surface area (Å²) >= 11 is 0. The first-order chi connectivity index (χ1) is 10.6. The van der Waals surface area contributed by atoms with E-state index in [4.69, 9.17) is 0 Å². The van der Waals surface area contributed by atoms with Crippen molar-refractivity contribution in [2.24, 2.45) is 5.92 Å². The summed E-state index contributed by atoms with van der Waals surface area (Å²) in [4.78, 5) is 14.4. The standard InChI is InChI=1S/C20H23NO/c1-14(2)20(22)21-13-12-19-17(15(21)3)10-7-11-18(19)16-8-5-4-6-9-16/h4-11,14-15H,12-13H2,1-3H3/t15-/m1/s1. The van der Waals surface area contributed by atoms with Gasteiger partial charge < -0.3 is 4.90 Å². The zero-order valence-corrected chi connectivity index (χ0v) is 13.5. The van der Waals surface area contributed by atoms with E-state index in [0.717, 1.165) is 13.0 Å². The maximum absolute atomic E-state index is 12.4. The van der Waals surface area contributed by atoms with Gasteiger partial charge in [-0.1, -0.05) is 62.4 Å². The zero-order valence-electron chi connectivity index (χ0n) is 13.5. The van der Waals surface area contributed by atoms with Gasteiger partial charge in [-0.25, -0.2) is 0 Å². The van der Waals surface area contributed by atoms with Crippen molar-refractivity contribution in [3.63, 3.8) is 0 Å². The van der Waals surface area contributed by atoms with Gasteiger partial charge in [0.2, 0.25) is 5.91 Å². The van der Waals surface area contributed by atoms with Crippen molar-refractivity contribution in [2.75, 3.05) is 6.54 Å². The Bertz CT molecular complexity index is 675. The summed E-state index contributed by atoms with van der Waals surface area (Å²) in [6.07, 6.45) is 0.934. The molecule has 0 spiro atoms. The van der Waals surface area contributed by atoms with Gasteiger partial charge in [-0.3, -0.25) is 4.79 Å². The molecule has 1 atom stereocenters. The first kappa shape index (κ1) is 14.8. The lowest BCUT2D eigenvalue weighted by Crippen LogP contribution is -2.41. The number of fused-ring (bicyclic) bond motifs is 1. The van der Waals surface area contributed by atoms with E-state index >= 15 is 0 Å². The number of rotatable bonds is 2. The van der Waals surface area contributed by atoms with Gasteiger partial charge in [-0.05, 0) is 35.6 Å². The van der Waals surface area contributed by atoms with Crippen LogP contribution in [0.5, 0.6) is 0 Å². The molecule has 1 heterocycles. The fourth-order valence-electron chi connectivity index (χ4n) is 3.39. The molecule has 2 aromatic rings. The number of hydrogen-bond donors (Lipinski definition) is 0. The average molecular weight is 293 g/mol. The third kappa shape index (κ3) is 2.54. The molecule has 1 aliphatic rings. The normalized spacial score (nSPS) is 17.5. The smallest absolute Gasteiger partial charge is 0.225 e. The molecule has 0 bridgehead atoms. The number of hydrogen-bond acceptors (Lipinski definition) is 1. The first-order valence-corrected chi connectivity index (χ1v) is 8.07. The van der Waals surface area contributed by atoms with Crippen LogP contribution in [0.3, 0.4) is 0 Å². The van der Waals surface area contributed by atoms with E-state index in [1.807, 2.05) is 24.8 Å². The number of carbonyl (C=O) groups excluding carboxylic acids is 1. The van der Waals surface area contributed by atoms with Crippen LogP contribution in [0.1, 0.15) is 37.9 Å². The minimum Gasteiger partial charge on any atom is -0.335 e. The number of benzene rings is 2. The average Bonchev–Trinajstić information content (AvgIpc) is 2.55. The van der Waals surface area contributed by atoms with Crippen molar-refractivity contribution < 1.29 is 4.79 Å². The van der Waals surface area contributed by atoms with E-state index in [1.165, 1.54) is 22.3 Å². The van der Waals surface area contributed by atoms with E-state index in [0.29, 0.717) is 0 Å². The molecule has 22 heavy (non-hydrogen) atoms. The van der Waals surface area contributed by atoms with E-state index in [9.17, 15) is 4.79 Å². The summed E-state index contributed by atoms with van der Waals surface area (Å²) < 4.78 is 0. The van der Waals surface area contributed by atoms with E-state index in [-0.39, 0.29) is 17.9 Å². The fraction of sp³-hybridized carbons (Fsp3) is 0.350. The van der Waals surface area contributed by atoms with Crippen molar-refractivity contribution in [3.8, 4) is 11.1 Å². The molecule has 0 N–H and O–H groups in total. The van der Waals surface area contributed by atoms with Crippen molar-refractivity contribution in [2.45, 2.75) is 33.2 Å². The molecule has 0 saturated heterocycles. The van der Waals surface area contributed by atoms with Gasteiger partial charge in [-0.15, -0.1) is 0 Å². The Balaban J connectivity index is 2.01. The molecular formula is C20H23NO. The highest BCUT2D eigenvalue weighted by Crippen LogP contribution is 2.36. The maximum Gasteiger partial charge on any atom is 0.225 e. The molecule has 0 saturated carbocycles. The molecule has 1 amide bonds. The topological polar surface area (TPSA) is 20.3 Å². The molecule has 0 unspecified atom stereocenters. The van der Waals surface area contributed by atoms with Gasteiger partial charge in [0.15, 0.2) is 0 Å². The SMILES string of the molecule is CC(C)C(=O)N1CCc2c(-c3ccccc3)cccc2[C@H]1C.